The molecular weight excluding hydrogens is 186 g/mol. The van der Waals surface area contributed by atoms with Gasteiger partial charge in [0.25, 0.3) is 0 Å². The minimum atomic E-state index is -0.187. The number of allylic oxidation sites excluding steroid dienone is 1. The fourth-order valence-corrected chi connectivity index (χ4v) is 1.97. The van der Waals surface area contributed by atoms with Gasteiger partial charge in [0.2, 0.25) is 0 Å². The van der Waals surface area contributed by atoms with Gasteiger partial charge >= 0.3 is 0 Å². The van der Waals surface area contributed by atoms with Crippen molar-refractivity contribution in [3.63, 3.8) is 0 Å². The molecular formula is C13H14NO. The van der Waals surface area contributed by atoms with E-state index in [-0.39, 0.29) is 11.8 Å². The molecule has 0 saturated carbocycles. The van der Waals surface area contributed by atoms with E-state index < -0.39 is 0 Å². The van der Waals surface area contributed by atoms with Crippen LogP contribution < -0.4 is 5.32 Å². The highest BCUT2D eigenvalue weighted by atomic mass is 16.1. The van der Waals surface area contributed by atoms with E-state index in [9.17, 15) is 4.79 Å². The van der Waals surface area contributed by atoms with Gasteiger partial charge in [-0.1, -0.05) is 30.3 Å². The van der Waals surface area contributed by atoms with Crippen molar-refractivity contribution in [2.75, 3.05) is 6.54 Å². The molecule has 1 aromatic carbocycles. The first-order chi connectivity index (χ1) is 7.33. The summed E-state index contributed by atoms with van der Waals surface area (Å²) in [6.45, 7) is 4.41. The van der Waals surface area contributed by atoms with Gasteiger partial charge in [-0.3, -0.25) is 4.79 Å². The summed E-state index contributed by atoms with van der Waals surface area (Å²) < 4.78 is 0. The molecule has 1 aliphatic rings. The van der Waals surface area contributed by atoms with Crippen molar-refractivity contribution in [1.82, 2.24) is 5.32 Å². The maximum absolute atomic E-state index is 11.8. The number of carbonyl (C=O) groups is 1. The van der Waals surface area contributed by atoms with E-state index in [1.54, 1.807) is 6.08 Å². The Kier molecular flexibility index (Phi) is 2.97. The van der Waals surface area contributed by atoms with Crippen LogP contribution in [-0.4, -0.2) is 12.3 Å². The van der Waals surface area contributed by atoms with Gasteiger partial charge in [0.15, 0.2) is 5.78 Å². The Bertz CT molecular complexity index is 384. The minimum absolute atomic E-state index is 0.0807. The Morgan fingerprint density at radius 1 is 1.47 bits per heavy atom. The second kappa shape index (κ2) is 4.41. The van der Waals surface area contributed by atoms with Crippen molar-refractivity contribution in [1.29, 1.82) is 0 Å². The highest BCUT2D eigenvalue weighted by Gasteiger charge is 2.24. The average Bonchev–Trinajstić information content (AvgIpc) is 2.28. The number of nitrogens with one attached hydrogen (secondary N) is 1. The summed E-state index contributed by atoms with van der Waals surface area (Å²) >= 11 is 0. The van der Waals surface area contributed by atoms with E-state index in [0.29, 0.717) is 0 Å². The topological polar surface area (TPSA) is 29.1 Å². The first kappa shape index (κ1) is 10.1. The second-order valence-electron chi connectivity index (χ2n) is 3.64. The summed E-state index contributed by atoms with van der Waals surface area (Å²) in [4.78, 5) is 11.8. The smallest absolute Gasteiger partial charge is 0.162 e. The third kappa shape index (κ3) is 2.00. The van der Waals surface area contributed by atoms with Gasteiger partial charge in [-0.05, 0) is 17.5 Å². The Labute approximate surface area is 90.0 Å². The molecule has 2 rings (SSSR count). The number of benzene rings is 1. The zero-order chi connectivity index (χ0) is 10.7. The lowest BCUT2D eigenvalue weighted by Gasteiger charge is -2.25. The molecule has 1 aromatic rings. The predicted molar refractivity (Wildman–Crippen MR) is 60.4 cm³/mol. The monoisotopic (exact) mass is 200 g/mol. The van der Waals surface area contributed by atoms with Crippen LogP contribution in [0.3, 0.4) is 0 Å². The average molecular weight is 200 g/mol. The second-order valence-corrected chi connectivity index (χ2v) is 3.64. The number of carbonyl (C=O) groups excluding carboxylic acids is 1. The fraction of sp³-hybridized carbons (Fsp3) is 0.231. The summed E-state index contributed by atoms with van der Waals surface area (Å²) in [6, 6.07) is 7.90. The highest BCUT2D eigenvalue weighted by Crippen LogP contribution is 2.23. The van der Waals surface area contributed by atoms with Crippen molar-refractivity contribution in [3.8, 4) is 0 Å². The zero-order valence-electron chi connectivity index (χ0n) is 8.57. The van der Waals surface area contributed by atoms with E-state index in [1.165, 1.54) is 12.0 Å². The van der Waals surface area contributed by atoms with Crippen molar-refractivity contribution < 1.29 is 4.79 Å². The van der Waals surface area contributed by atoms with Crippen LogP contribution >= 0.6 is 0 Å². The van der Waals surface area contributed by atoms with Crippen LogP contribution in [-0.2, 0) is 11.2 Å². The molecule has 1 N–H and O–H groups in total. The van der Waals surface area contributed by atoms with E-state index in [1.807, 2.05) is 18.2 Å². The van der Waals surface area contributed by atoms with Crippen molar-refractivity contribution >= 4 is 5.78 Å². The van der Waals surface area contributed by atoms with Crippen LogP contribution in [0.15, 0.2) is 36.9 Å². The first-order valence-electron chi connectivity index (χ1n) is 5.13. The summed E-state index contributed by atoms with van der Waals surface area (Å²) in [7, 11) is 0. The third-order valence-corrected chi connectivity index (χ3v) is 2.68. The van der Waals surface area contributed by atoms with Crippen LogP contribution in [0.5, 0.6) is 0 Å². The number of hydrogen-bond acceptors (Lipinski definition) is 2. The lowest BCUT2D eigenvalue weighted by atomic mass is 9.91. The van der Waals surface area contributed by atoms with Crippen LogP contribution in [0.25, 0.3) is 0 Å². The summed E-state index contributed by atoms with van der Waals surface area (Å²) in [5.41, 5.74) is 2.37. The molecule has 15 heavy (non-hydrogen) atoms. The van der Waals surface area contributed by atoms with Crippen molar-refractivity contribution in [2.45, 2.75) is 12.5 Å². The number of rotatable bonds is 3. The molecule has 1 radical (unpaired) electrons. The summed E-state index contributed by atoms with van der Waals surface area (Å²) in [5.74, 6) is 0.0807. The van der Waals surface area contributed by atoms with E-state index in [2.05, 4.69) is 18.0 Å². The van der Waals surface area contributed by atoms with Crippen LogP contribution in [0.1, 0.15) is 17.2 Å². The number of ketones is 1. The molecule has 0 fully saturated rings. The molecule has 0 aliphatic carbocycles. The van der Waals surface area contributed by atoms with Gasteiger partial charge in [0.1, 0.15) is 0 Å². The Morgan fingerprint density at radius 3 is 3.07 bits per heavy atom. The van der Waals surface area contributed by atoms with Gasteiger partial charge in [0.05, 0.1) is 12.5 Å². The SMILES string of the molecule is C=C[CH]C(=O)C1NCCc2ccccc21. The molecule has 77 valence electrons. The van der Waals surface area contributed by atoms with Crippen LogP contribution in [0.2, 0.25) is 0 Å². The molecule has 0 bridgehead atoms. The lowest BCUT2D eigenvalue weighted by molar-refractivity contribution is -0.117. The fourth-order valence-electron chi connectivity index (χ4n) is 1.97. The van der Waals surface area contributed by atoms with Gasteiger partial charge in [-0.2, -0.15) is 0 Å². The summed E-state index contributed by atoms with van der Waals surface area (Å²) in [6.07, 6.45) is 4.06. The van der Waals surface area contributed by atoms with Gasteiger partial charge < -0.3 is 5.32 Å². The Balaban J connectivity index is 2.29. The Morgan fingerprint density at radius 2 is 2.27 bits per heavy atom. The van der Waals surface area contributed by atoms with Gasteiger partial charge in [0, 0.05) is 6.54 Å². The number of hydrogen-bond donors (Lipinski definition) is 1. The maximum Gasteiger partial charge on any atom is 0.162 e. The van der Waals surface area contributed by atoms with E-state index in [0.717, 1.165) is 18.5 Å². The molecule has 1 heterocycles. The molecule has 1 atom stereocenters. The van der Waals surface area contributed by atoms with E-state index >= 15 is 0 Å². The van der Waals surface area contributed by atoms with E-state index in [4.69, 9.17) is 0 Å². The third-order valence-electron chi connectivity index (χ3n) is 2.68. The molecule has 0 amide bonds. The lowest BCUT2D eigenvalue weighted by Crippen LogP contribution is -2.35. The number of fused-ring (bicyclic) bond motifs is 1. The number of Topliss-reactive ketones (excluding diaryl/α,β-unsaturated/α-hetero) is 1. The largest absolute Gasteiger partial charge is 0.303 e. The molecule has 2 nitrogen and oxygen atoms in total. The molecule has 0 aromatic heterocycles. The molecule has 0 saturated heterocycles. The first-order valence-corrected chi connectivity index (χ1v) is 5.13. The molecule has 2 heteroatoms. The quantitative estimate of drug-likeness (QED) is 0.806. The Hall–Kier alpha value is -1.41. The summed E-state index contributed by atoms with van der Waals surface area (Å²) in [5, 5.41) is 3.23. The molecule has 0 spiro atoms. The normalized spacial score (nSPS) is 19.3. The molecule has 1 unspecified atom stereocenters. The minimum Gasteiger partial charge on any atom is -0.303 e. The van der Waals surface area contributed by atoms with Crippen LogP contribution in [0.4, 0.5) is 0 Å². The zero-order valence-corrected chi connectivity index (χ0v) is 8.57. The standard InChI is InChI=1S/C13H14NO/c1-2-5-12(15)13-11-7-4-3-6-10(11)8-9-14-13/h2-7,13-14H,1,8-9H2. The predicted octanol–water partition coefficient (Wildman–Crippen LogP) is 1.83. The highest BCUT2D eigenvalue weighted by molar-refractivity contribution is 5.94. The maximum atomic E-state index is 11.8. The van der Waals surface area contributed by atoms with Crippen molar-refractivity contribution in [2.24, 2.45) is 0 Å². The van der Waals surface area contributed by atoms with Crippen LogP contribution in [0, 0.1) is 6.42 Å². The van der Waals surface area contributed by atoms with Crippen molar-refractivity contribution in [3.05, 3.63) is 54.5 Å². The van der Waals surface area contributed by atoms with Gasteiger partial charge in [-0.15, -0.1) is 6.58 Å². The molecule has 1 aliphatic heterocycles. The van der Waals surface area contributed by atoms with Gasteiger partial charge in [-0.25, -0.2) is 0 Å².